The predicted molar refractivity (Wildman–Crippen MR) is 246 cm³/mol. The summed E-state index contributed by atoms with van der Waals surface area (Å²) < 4.78 is 19.9. The predicted octanol–water partition coefficient (Wildman–Crippen LogP) is 5.73. The zero-order valence-electron chi connectivity index (χ0n) is 36.6. The fraction of sp³-hybridized carbons (Fsp3) is 0.479. The van der Waals surface area contributed by atoms with Crippen LogP contribution in [0.25, 0.3) is 33.3 Å². The van der Waals surface area contributed by atoms with Crippen LogP contribution in [-0.4, -0.2) is 116 Å². The van der Waals surface area contributed by atoms with Crippen molar-refractivity contribution in [3.05, 3.63) is 90.3 Å². The molecular formula is C48H56IN7O7. The quantitative estimate of drug-likeness (QED) is 0.0774. The van der Waals surface area contributed by atoms with Crippen molar-refractivity contribution in [3.8, 4) is 22.4 Å². The Labute approximate surface area is 381 Å². The highest BCUT2D eigenvalue weighted by atomic mass is 127. The summed E-state index contributed by atoms with van der Waals surface area (Å²) in [7, 11) is 1.72. The number of carbonyl (C=O) groups is 4. The molecule has 6 bridgehead atoms. The van der Waals surface area contributed by atoms with Crippen LogP contribution in [-0.2, 0) is 46.4 Å². The van der Waals surface area contributed by atoms with Gasteiger partial charge in [-0.1, -0.05) is 50.8 Å². The van der Waals surface area contributed by atoms with E-state index >= 15 is 0 Å². The molecular weight excluding hydrogens is 913 g/mol. The number of aromatic nitrogens is 2. The molecule has 3 fully saturated rings. The van der Waals surface area contributed by atoms with Crippen molar-refractivity contribution in [2.75, 3.05) is 46.6 Å². The third kappa shape index (κ3) is 7.56. The average Bonchev–Trinajstić information content (AvgIpc) is 3.77. The number of nitrogens with one attached hydrogen (secondary N) is 2. The summed E-state index contributed by atoms with van der Waals surface area (Å²) >= 11 is 2.17. The van der Waals surface area contributed by atoms with E-state index in [2.05, 4.69) is 102 Å². The molecule has 5 aliphatic rings. The van der Waals surface area contributed by atoms with Gasteiger partial charge in [0.2, 0.25) is 5.91 Å². The Bertz CT molecular complexity index is 2480. The molecule has 2 aromatic heterocycles. The van der Waals surface area contributed by atoms with E-state index in [4.69, 9.17) is 19.2 Å². The standard InChI is InChI=1S/C48H56IN7O7/c1-7-38(57)53-23-30(24-53)25-54-27-63-28(3)48(54,49)46(60)51-36-21-29-12-9-13-31(20-29)32-16-17-37-34(22-32)39-40(43(61-6)41-33(14-10-18-50-41)42(39)55(37)8-2)47(4,5)26-62-45(59)35-15-11-19-56(52-35)44(36)58/h7,9-10,12-14,16-18,20,22,28,30,35-36,40,43,52H,1,8,11,15,19,21,23-27H2,2-6H3,(H,51,60)/t28-,35+,36?,40?,43+,48+/m1/s1. The Kier molecular flexibility index (Phi) is 11.8. The number of nitrogens with zero attached hydrogens (tertiary/aromatic N) is 5. The van der Waals surface area contributed by atoms with E-state index in [0.29, 0.717) is 39.0 Å². The van der Waals surface area contributed by atoms with Crippen molar-refractivity contribution < 1.29 is 33.4 Å². The van der Waals surface area contributed by atoms with Crippen molar-refractivity contribution in [1.82, 2.24) is 35.1 Å². The van der Waals surface area contributed by atoms with Gasteiger partial charge in [-0.15, -0.1) is 0 Å². The summed E-state index contributed by atoms with van der Waals surface area (Å²) in [6, 6.07) is 17.1. The first-order chi connectivity index (χ1) is 30.3. The van der Waals surface area contributed by atoms with Crippen LogP contribution in [0.5, 0.6) is 0 Å². The second-order valence-electron chi connectivity index (χ2n) is 18.3. The number of amides is 3. The fourth-order valence-corrected chi connectivity index (χ4v) is 11.2. The minimum Gasteiger partial charge on any atom is -0.464 e. The molecule has 0 radical (unpaired) electrons. The summed E-state index contributed by atoms with van der Waals surface area (Å²) in [5.41, 5.74) is 10.6. The van der Waals surface area contributed by atoms with Gasteiger partial charge >= 0.3 is 5.97 Å². The van der Waals surface area contributed by atoms with E-state index in [1.165, 1.54) is 11.1 Å². The Hall–Kier alpha value is -4.68. The molecule has 3 amide bonds. The van der Waals surface area contributed by atoms with Gasteiger partial charge in [-0.2, -0.15) is 0 Å². The van der Waals surface area contributed by atoms with Crippen LogP contribution in [0.4, 0.5) is 0 Å². The molecule has 2 aromatic carbocycles. The number of fused-ring (bicyclic) bond motifs is 8. The van der Waals surface area contributed by atoms with Crippen LogP contribution >= 0.6 is 22.6 Å². The second kappa shape index (κ2) is 17.0. The Morgan fingerprint density at radius 1 is 1.11 bits per heavy atom. The summed E-state index contributed by atoms with van der Waals surface area (Å²) in [5, 5.41) is 5.74. The van der Waals surface area contributed by atoms with Gasteiger partial charge in [-0.3, -0.25) is 34.1 Å². The van der Waals surface area contributed by atoms with Crippen molar-refractivity contribution >= 4 is 57.2 Å². The lowest BCUT2D eigenvalue weighted by molar-refractivity contribution is -0.156. The Morgan fingerprint density at radius 3 is 2.67 bits per heavy atom. The molecule has 9 rings (SSSR count). The third-order valence-electron chi connectivity index (χ3n) is 13.8. The molecule has 4 aliphatic heterocycles. The lowest BCUT2D eigenvalue weighted by Gasteiger charge is -2.43. The molecule has 63 heavy (non-hydrogen) atoms. The molecule has 6 heterocycles. The molecule has 332 valence electrons. The lowest BCUT2D eigenvalue weighted by atomic mass is 9.67. The molecule has 6 atom stereocenters. The van der Waals surface area contributed by atoms with Gasteiger partial charge in [-0.25, -0.2) is 5.43 Å². The van der Waals surface area contributed by atoms with Crippen LogP contribution in [0.15, 0.2) is 73.4 Å². The number of alkyl halides is 1. The van der Waals surface area contributed by atoms with Gasteiger partial charge in [-0.05, 0) is 102 Å². The topological polar surface area (TPSA) is 148 Å². The minimum atomic E-state index is -1.12. The van der Waals surface area contributed by atoms with Crippen molar-refractivity contribution in [3.63, 3.8) is 0 Å². The molecule has 14 nitrogen and oxygen atoms in total. The highest BCUT2D eigenvalue weighted by Gasteiger charge is 2.54. The van der Waals surface area contributed by atoms with E-state index in [9.17, 15) is 19.2 Å². The SMILES string of the molecule is C=CC(=O)N1CC(CN2CO[C@H](C)[C@@]2(I)C(=O)NC2Cc3cccc(c3)-c3ccc4c(c3)c3c(n4CC)-c4cccnc4[C@@H](OC)C3C(C)(C)COC(=O)[C@@H]3CCCN(N3)C2=O)C1. The van der Waals surface area contributed by atoms with Crippen LogP contribution < -0.4 is 10.7 Å². The Morgan fingerprint density at radius 2 is 1.90 bits per heavy atom. The number of carbonyl (C=O) groups excluding carboxylic acids is 4. The molecule has 2 N–H and O–H groups in total. The second-order valence-corrected chi connectivity index (χ2v) is 19.9. The highest BCUT2D eigenvalue weighted by Crippen LogP contribution is 2.57. The molecule has 0 spiro atoms. The average molecular weight is 970 g/mol. The number of halogens is 1. The fourth-order valence-electron chi connectivity index (χ4n) is 10.5. The highest BCUT2D eigenvalue weighted by molar-refractivity contribution is 14.1. The normalized spacial score (nSPS) is 27.3. The molecule has 4 aromatic rings. The molecule has 2 unspecified atom stereocenters. The maximum Gasteiger partial charge on any atom is 0.324 e. The Balaban J connectivity index is 1.11. The number of hydrogen-bond acceptors (Lipinski definition) is 10. The number of benzene rings is 2. The van der Waals surface area contributed by atoms with Crippen LogP contribution in [0.3, 0.4) is 0 Å². The molecule has 3 saturated heterocycles. The number of likely N-dealkylation sites (tertiary alicyclic amines) is 1. The smallest absolute Gasteiger partial charge is 0.324 e. The first-order valence-electron chi connectivity index (χ1n) is 22.0. The largest absolute Gasteiger partial charge is 0.464 e. The van der Waals surface area contributed by atoms with Crippen molar-refractivity contribution in [1.29, 1.82) is 0 Å². The summed E-state index contributed by atoms with van der Waals surface area (Å²) in [4.78, 5) is 64.3. The number of ether oxygens (including phenoxy) is 3. The van der Waals surface area contributed by atoms with Gasteiger partial charge in [0.05, 0.1) is 24.1 Å². The number of methoxy groups -OCH3 is 1. The van der Waals surface area contributed by atoms with Gasteiger partial charge in [0, 0.05) is 86.2 Å². The van der Waals surface area contributed by atoms with E-state index in [0.717, 1.165) is 56.7 Å². The lowest BCUT2D eigenvalue weighted by Crippen LogP contribution is -2.64. The van der Waals surface area contributed by atoms with Gasteiger partial charge in [0.1, 0.15) is 24.9 Å². The number of esters is 1. The molecule has 1 aliphatic carbocycles. The van der Waals surface area contributed by atoms with Crippen molar-refractivity contribution in [2.45, 2.75) is 87.3 Å². The third-order valence-corrected chi connectivity index (χ3v) is 15.9. The minimum absolute atomic E-state index is 0.0985. The van der Waals surface area contributed by atoms with E-state index in [1.54, 1.807) is 12.0 Å². The summed E-state index contributed by atoms with van der Waals surface area (Å²) in [6.45, 7) is 15.0. The van der Waals surface area contributed by atoms with E-state index in [1.807, 2.05) is 36.2 Å². The first kappa shape index (κ1) is 43.6. The van der Waals surface area contributed by atoms with Gasteiger partial charge < -0.3 is 29.0 Å². The summed E-state index contributed by atoms with van der Waals surface area (Å²) in [5.74, 6) is -1.31. The van der Waals surface area contributed by atoms with Crippen LogP contribution in [0.1, 0.15) is 69.4 Å². The maximum absolute atomic E-state index is 14.8. The van der Waals surface area contributed by atoms with Crippen LogP contribution in [0.2, 0.25) is 0 Å². The van der Waals surface area contributed by atoms with Gasteiger partial charge in [0.25, 0.3) is 11.8 Å². The van der Waals surface area contributed by atoms with Gasteiger partial charge in [0.15, 0.2) is 3.55 Å². The number of pyridine rings is 1. The number of aryl methyl sites for hydroxylation is 1. The number of hydrazine groups is 1. The van der Waals surface area contributed by atoms with Crippen LogP contribution in [0, 0.1) is 11.3 Å². The van der Waals surface area contributed by atoms with Crippen molar-refractivity contribution in [2.24, 2.45) is 11.3 Å². The number of rotatable bonds is 7. The molecule has 15 heteroatoms. The number of hydrogen-bond donors (Lipinski definition) is 2. The van der Waals surface area contributed by atoms with E-state index < -0.39 is 39.2 Å². The maximum atomic E-state index is 14.8. The monoisotopic (exact) mass is 969 g/mol. The first-order valence-corrected chi connectivity index (χ1v) is 23.1. The molecule has 0 saturated carbocycles. The summed E-state index contributed by atoms with van der Waals surface area (Å²) in [6.07, 6.45) is 3.49. The number of cyclic esters (lactones) is 1. The van der Waals surface area contributed by atoms with E-state index in [-0.39, 0.29) is 49.3 Å². The zero-order valence-corrected chi connectivity index (χ0v) is 38.7. The zero-order chi connectivity index (χ0) is 44.4.